The summed E-state index contributed by atoms with van der Waals surface area (Å²) in [5.41, 5.74) is 0. The Kier molecular flexibility index (Phi) is 3.59. The minimum absolute atomic E-state index is 0.305. The highest BCUT2D eigenvalue weighted by atomic mass is 16.5. The summed E-state index contributed by atoms with van der Waals surface area (Å²) in [5, 5.41) is 3.23. The minimum atomic E-state index is 0.305. The molecule has 0 aromatic heterocycles. The number of carbonyl (C=O) groups is 1. The second-order valence-corrected chi connectivity index (χ2v) is 4.38. The number of hydrogen-bond donors (Lipinski definition) is 1. The molecule has 0 aromatic carbocycles. The van der Waals surface area contributed by atoms with E-state index in [-0.39, 0.29) is 0 Å². The van der Waals surface area contributed by atoms with Gasteiger partial charge in [0.25, 0.3) is 0 Å². The predicted molar refractivity (Wildman–Crippen MR) is 57.6 cm³/mol. The third-order valence-corrected chi connectivity index (χ3v) is 3.20. The Balaban J connectivity index is 1.97. The van der Waals surface area contributed by atoms with Gasteiger partial charge in [0, 0.05) is 26.1 Å². The highest BCUT2D eigenvalue weighted by Crippen LogP contribution is 2.19. The molecule has 0 spiro atoms. The standard InChI is InChI=1S/C11H20N2O2/c1-2-3-11(14)13(10-6-12-7-10)9-4-5-15-8-9/h9-10,12H,2-8H2,1H3. The average Bonchev–Trinajstić information content (AvgIpc) is 2.63. The molecule has 1 unspecified atom stereocenters. The molecule has 1 atom stereocenters. The van der Waals surface area contributed by atoms with Crippen LogP contribution >= 0.6 is 0 Å². The smallest absolute Gasteiger partial charge is 0.223 e. The van der Waals surface area contributed by atoms with Crippen molar-refractivity contribution in [3.8, 4) is 0 Å². The van der Waals surface area contributed by atoms with E-state index in [4.69, 9.17) is 4.74 Å². The lowest BCUT2D eigenvalue weighted by Crippen LogP contribution is -2.61. The molecule has 4 heteroatoms. The van der Waals surface area contributed by atoms with Gasteiger partial charge in [-0.05, 0) is 12.8 Å². The number of ether oxygens (including phenoxy) is 1. The quantitative estimate of drug-likeness (QED) is 0.732. The molecule has 1 amide bonds. The molecule has 2 fully saturated rings. The van der Waals surface area contributed by atoms with Crippen molar-refractivity contribution in [3.05, 3.63) is 0 Å². The first-order valence-corrected chi connectivity index (χ1v) is 5.92. The van der Waals surface area contributed by atoms with Gasteiger partial charge < -0.3 is 15.0 Å². The van der Waals surface area contributed by atoms with Crippen LogP contribution in [-0.2, 0) is 9.53 Å². The molecule has 15 heavy (non-hydrogen) atoms. The first kappa shape index (κ1) is 10.9. The van der Waals surface area contributed by atoms with Gasteiger partial charge in [0.1, 0.15) is 0 Å². The van der Waals surface area contributed by atoms with Gasteiger partial charge >= 0.3 is 0 Å². The molecule has 2 aliphatic heterocycles. The van der Waals surface area contributed by atoms with Crippen LogP contribution in [0.1, 0.15) is 26.2 Å². The van der Waals surface area contributed by atoms with Gasteiger partial charge in [0.2, 0.25) is 5.91 Å². The number of hydrogen-bond acceptors (Lipinski definition) is 3. The molecule has 2 saturated heterocycles. The summed E-state index contributed by atoms with van der Waals surface area (Å²) in [7, 11) is 0. The van der Waals surface area contributed by atoms with Crippen molar-refractivity contribution in [3.63, 3.8) is 0 Å². The lowest BCUT2D eigenvalue weighted by Gasteiger charge is -2.41. The fourth-order valence-corrected chi connectivity index (χ4v) is 2.26. The molecular formula is C11H20N2O2. The monoisotopic (exact) mass is 212 g/mol. The Hall–Kier alpha value is -0.610. The minimum Gasteiger partial charge on any atom is -0.379 e. The van der Waals surface area contributed by atoms with Crippen LogP contribution in [-0.4, -0.2) is 49.2 Å². The summed E-state index contributed by atoms with van der Waals surface area (Å²) >= 11 is 0. The zero-order valence-corrected chi connectivity index (χ0v) is 9.37. The molecule has 0 radical (unpaired) electrons. The molecule has 0 bridgehead atoms. The molecule has 0 saturated carbocycles. The van der Waals surface area contributed by atoms with Crippen molar-refractivity contribution < 1.29 is 9.53 Å². The maximum absolute atomic E-state index is 12.0. The molecule has 4 nitrogen and oxygen atoms in total. The van der Waals surface area contributed by atoms with Crippen LogP contribution in [0.4, 0.5) is 0 Å². The van der Waals surface area contributed by atoms with Gasteiger partial charge in [-0.1, -0.05) is 6.92 Å². The van der Waals surface area contributed by atoms with Crippen molar-refractivity contribution in [1.29, 1.82) is 0 Å². The Morgan fingerprint density at radius 2 is 2.27 bits per heavy atom. The molecule has 0 aliphatic carbocycles. The Morgan fingerprint density at radius 1 is 1.47 bits per heavy atom. The van der Waals surface area contributed by atoms with Crippen molar-refractivity contribution in [1.82, 2.24) is 10.2 Å². The van der Waals surface area contributed by atoms with Crippen LogP contribution in [0.15, 0.2) is 0 Å². The van der Waals surface area contributed by atoms with E-state index in [0.29, 0.717) is 24.4 Å². The number of amides is 1. The Morgan fingerprint density at radius 3 is 2.73 bits per heavy atom. The van der Waals surface area contributed by atoms with Crippen LogP contribution < -0.4 is 5.32 Å². The van der Waals surface area contributed by atoms with E-state index in [2.05, 4.69) is 17.1 Å². The second kappa shape index (κ2) is 4.94. The van der Waals surface area contributed by atoms with Crippen LogP contribution in [0.3, 0.4) is 0 Å². The third-order valence-electron chi connectivity index (χ3n) is 3.20. The maximum atomic E-state index is 12.0. The van der Waals surface area contributed by atoms with E-state index in [1.54, 1.807) is 0 Å². The lowest BCUT2D eigenvalue weighted by molar-refractivity contribution is -0.137. The van der Waals surface area contributed by atoms with Crippen LogP contribution in [0, 0.1) is 0 Å². The number of nitrogens with one attached hydrogen (secondary N) is 1. The number of carbonyl (C=O) groups excluding carboxylic acids is 1. The molecule has 86 valence electrons. The fraction of sp³-hybridized carbons (Fsp3) is 0.909. The van der Waals surface area contributed by atoms with E-state index < -0.39 is 0 Å². The van der Waals surface area contributed by atoms with Crippen LogP contribution in [0.5, 0.6) is 0 Å². The van der Waals surface area contributed by atoms with Gasteiger partial charge in [0.05, 0.1) is 18.7 Å². The first-order valence-electron chi connectivity index (χ1n) is 5.92. The average molecular weight is 212 g/mol. The molecule has 2 heterocycles. The second-order valence-electron chi connectivity index (χ2n) is 4.38. The SMILES string of the molecule is CCCC(=O)N(C1CNC1)C1CCOC1. The summed E-state index contributed by atoms with van der Waals surface area (Å²) in [6.07, 6.45) is 2.61. The summed E-state index contributed by atoms with van der Waals surface area (Å²) in [5.74, 6) is 0.305. The van der Waals surface area contributed by atoms with Crippen LogP contribution in [0.2, 0.25) is 0 Å². The van der Waals surface area contributed by atoms with Gasteiger partial charge in [-0.25, -0.2) is 0 Å². The van der Waals surface area contributed by atoms with E-state index in [1.807, 2.05) is 0 Å². The fourth-order valence-electron chi connectivity index (χ4n) is 2.26. The predicted octanol–water partition coefficient (Wildman–Crippen LogP) is 0.376. The van der Waals surface area contributed by atoms with E-state index >= 15 is 0 Å². The number of rotatable bonds is 4. The Bertz CT molecular complexity index is 223. The molecule has 2 aliphatic rings. The number of nitrogens with zero attached hydrogens (tertiary/aromatic N) is 1. The Labute approximate surface area is 91.0 Å². The van der Waals surface area contributed by atoms with Crippen molar-refractivity contribution in [2.24, 2.45) is 0 Å². The van der Waals surface area contributed by atoms with Gasteiger partial charge in [0.15, 0.2) is 0 Å². The molecule has 1 N–H and O–H groups in total. The first-order chi connectivity index (χ1) is 7.33. The maximum Gasteiger partial charge on any atom is 0.223 e. The highest BCUT2D eigenvalue weighted by molar-refractivity contribution is 5.77. The van der Waals surface area contributed by atoms with Gasteiger partial charge in [-0.2, -0.15) is 0 Å². The molecule has 0 aromatic rings. The van der Waals surface area contributed by atoms with E-state index in [1.165, 1.54) is 0 Å². The van der Waals surface area contributed by atoms with E-state index in [0.717, 1.165) is 39.1 Å². The van der Waals surface area contributed by atoms with E-state index in [9.17, 15) is 4.79 Å². The molecule has 2 rings (SSSR count). The zero-order chi connectivity index (χ0) is 10.7. The van der Waals surface area contributed by atoms with Crippen molar-refractivity contribution in [2.75, 3.05) is 26.3 Å². The molecular weight excluding hydrogens is 192 g/mol. The topological polar surface area (TPSA) is 41.6 Å². The summed E-state index contributed by atoms with van der Waals surface area (Å²) < 4.78 is 5.37. The van der Waals surface area contributed by atoms with Gasteiger partial charge in [-0.15, -0.1) is 0 Å². The van der Waals surface area contributed by atoms with Crippen molar-refractivity contribution in [2.45, 2.75) is 38.3 Å². The normalized spacial score (nSPS) is 26.3. The summed E-state index contributed by atoms with van der Waals surface area (Å²) in [6.45, 7) is 5.49. The van der Waals surface area contributed by atoms with Crippen molar-refractivity contribution >= 4 is 5.91 Å². The highest BCUT2D eigenvalue weighted by Gasteiger charge is 2.35. The summed E-state index contributed by atoms with van der Waals surface area (Å²) in [6, 6.07) is 0.742. The third kappa shape index (κ3) is 2.32. The van der Waals surface area contributed by atoms with Crippen LogP contribution in [0.25, 0.3) is 0 Å². The largest absolute Gasteiger partial charge is 0.379 e. The zero-order valence-electron chi connectivity index (χ0n) is 9.37. The van der Waals surface area contributed by atoms with Gasteiger partial charge in [-0.3, -0.25) is 4.79 Å². The lowest BCUT2D eigenvalue weighted by atomic mass is 10.1. The summed E-state index contributed by atoms with van der Waals surface area (Å²) in [4.78, 5) is 14.1.